The van der Waals surface area contributed by atoms with Crippen LogP contribution in [0.1, 0.15) is 35.5 Å². The minimum atomic E-state index is -4.75. The van der Waals surface area contributed by atoms with Gasteiger partial charge in [0.15, 0.2) is 0 Å². The van der Waals surface area contributed by atoms with Gasteiger partial charge in [-0.3, -0.25) is 4.79 Å². The number of carbonyl (C=O) groups excluding carboxylic acids is 1. The summed E-state index contributed by atoms with van der Waals surface area (Å²) in [5, 5.41) is 3.25. The molecule has 2 aromatic rings. The fourth-order valence-electron chi connectivity index (χ4n) is 2.60. The Kier molecular flexibility index (Phi) is 4.98. The Morgan fingerprint density at radius 2 is 1.89 bits per heavy atom. The summed E-state index contributed by atoms with van der Waals surface area (Å²) < 4.78 is 67.0. The van der Waals surface area contributed by atoms with Crippen molar-refractivity contribution in [1.29, 1.82) is 0 Å². The number of hydrogen-bond acceptors (Lipinski definition) is 6. The van der Waals surface area contributed by atoms with E-state index in [1.54, 1.807) is 0 Å². The second-order valence-corrected chi connectivity index (χ2v) is 8.39. The Labute approximate surface area is 153 Å². The van der Waals surface area contributed by atoms with Crippen LogP contribution in [-0.4, -0.2) is 41.6 Å². The molecule has 7 nitrogen and oxygen atoms in total. The summed E-state index contributed by atoms with van der Waals surface area (Å²) in [4.78, 5) is 15.7. The Bertz CT molecular complexity index is 935. The van der Waals surface area contributed by atoms with E-state index in [1.165, 1.54) is 31.3 Å². The lowest BCUT2D eigenvalue weighted by atomic mass is 9.87. The molecule has 3 rings (SSSR count). The van der Waals surface area contributed by atoms with Crippen LogP contribution >= 0.6 is 0 Å². The molecular formula is C16H16F3N3O4S. The molecule has 0 radical (unpaired) electrons. The number of carbonyl (C=O) groups is 1. The lowest BCUT2D eigenvalue weighted by Crippen LogP contribution is -2.38. The highest BCUT2D eigenvalue weighted by Crippen LogP contribution is 2.30. The average molecular weight is 403 g/mol. The lowest BCUT2D eigenvalue weighted by Gasteiger charge is -2.27. The number of sulfonamides is 1. The van der Waals surface area contributed by atoms with Crippen molar-refractivity contribution in [1.82, 2.24) is 14.4 Å². The van der Waals surface area contributed by atoms with E-state index in [0.29, 0.717) is 4.31 Å². The molecular weight excluding hydrogens is 387 g/mol. The number of nitrogens with zero attached hydrogens (tertiary/aromatic N) is 3. The molecule has 1 aromatic carbocycles. The lowest BCUT2D eigenvalue weighted by molar-refractivity contribution is -0.159. The second kappa shape index (κ2) is 6.95. The van der Waals surface area contributed by atoms with Gasteiger partial charge >= 0.3 is 12.1 Å². The predicted octanol–water partition coefficient (Wildman–Crippen LogP) is 2.96. The molecule has 1 fully saturated rings. The number of benzene rings is 1. The van der Waals surface area contributed by atoms with Crippen molar-refractivity contribution in [2.45, 2.75) is 25.4 Å². The fourth-order valence-corrected chi connectivity index (χ4v) is 4.11. The Morgan fingerprint density at radius 1 is 1.26 bits per heavy atom. The summed E-state index contributed by atoms with van der Waals surface area (Å²) in [6.07, 6.45) is -2.09. The number of amides is 1. The molecule has 0 bridgehead atoms. The summed E-state index contributed by atoms with van der Waals surface area (Å²) in [6, 6.07) is 5.25. The van der Waals surface area contributed by atoms with Crippen molar-refractivity contribution < 1.29 is 30.9 Å². The van der Waals surface area contributed by atoms with Crippen molar-refractivity contribution in [2.75, 3.05) is 12.8 Å². The van der Waals surface area contributed by atoms with E-state index >= 15 is 0 Å². The van der Waals surface area contributed by atoms with E-state index in [-0.39, 0.29) is 28.6 Å². The van der Waals surface area contributed by atoms with Crippen LogP contribution in [0.4, 0.5) is 13.2 Å². The highest BCUT2D eigenvalue weighted by atomic mass is 32.2. The van der Waals surface area contributed by atoms with Crippen LogP contribution in [0, 0.1) is 5.92 Å². The SMILES string of the molecule is CN(C(=O)c1ccc(-c2noc(C(F)(F)F)n2)cc1)S(=O)(=O)CC1CCC1. The largest absolute Gasteiger partial charge is 0.471 e. The quantitative estimate of drug-likeness (QED) is 0.762. The van der Waals surface area contributed by atoms with E-state index in [0.717, 1.165) is 19.3 Å². The number of alkyl halides is 3. The van der Waals surface area contributed by atoms with Gasteiger partial charge in [-0.15, -0.1) is 0 Å². The molecule has 0 aliphatic heterocycles. The van der Waals surface area contributed by atoms with E-state index < -0.39 is 28.0 Å². The first-order chi connectivity index (χ1) is 12.6. The van der Waals surface area contributed by atoms with Gasteiger partial charge in [-0.1, -0.05) is 23.7 Å². The molecule has 0 spiro atoms. The molecule has 146 valence electrons. The van der Waals surface area contributed by atoms with Crippen LogP contribution < -0.4 is 0 Å². The monoisotopic (exact) mass is 403 g/mol. The summed E-state index contributed by atoms with van der Waals surface area (Å²) in [5.41, 5.74) is 0.281. The van der Waals surface area contributed by atoms with E-state index in [4.69, 9.17) is 0 Å². The van der Waals surface area contributed by atoms with Crippen molar-refractivity contribution >= 4 is 15.9 Å². The number of rotatable bonds is 5. The number of halogens is 3. The molecule has 27 heavy (non-hydrogen) atoms. The summed E-state index contributed by atoms with van der Waals surface area (Å²) >= 11 is 0. The molecule has 1 heterocycles. The molecule has 0 saturated heterocycles. The van der Waals surface area contributed by atoms with Crippen LogP contribution in [0.3, 0.4) is 0 Å². The van der Waals surface area contributed by atoms with Gasteiger partial charge in [0, 0.05) is 18.2 Å². The van der Waals surface area contributed by atoms with Gasteiger partial charge in [0.05, 0.1) is 5.75 Å². The molecule has 0 unspecified atom stereocenters. The Morgan fingerprint density at radius 3 is 2.37 bits per heavy atom. The molecule has 11 heteroatoms. The van der Waals surface area contributed by atoms with Crippen molar-refractivity contribution in [3.63, 3.8) is 0 Å². The zero-order valence-corrected chi connectivity index (χ0v) is 15.0. The van der Waals surface area contributed by atoms with Gasteiger partial charge in [-0.05, 0) is 30.9 Å². The van der Waals surface area contributed by atoms with Crippen molar-refractivity contribution in [2.24, 2.45) is 5.92 Å². The molecule has 1 aromatic heterocycles. The molecule has 1 aliphatic carbocycles. The average Bonchev–Trinajstić information content (AvgIpc) is 3.07. The topological polar surface area (TPSA) is 93.4 Å². The maximum atomic E-state index is 12.5. The highest BCUT2D eigenvalue weighted by Gasteiger charge is 2.38. The zero-order chi connectivity index (χ0) is 19.8. The molecule has 1 aliphatic rings. The molecule has 1 saturated carbocycles. The zero-order valence-electron chi connectivity index (χ0n) is 14.2. The number of hydrogen-bond donors (Lipinski definition) is 0. The van der Waals surface area contributed by atoms with Crippen LogP contribution in [0.2, 0.25) is 0 Å². The maximum Gasteiger partial charge on any atom is 0.471 e. The number of aromatic nitrogens is 2. The van der Waals surface area contributed by atoms with Gasteiger partial charge in [0.2, 0.25) is 15.8 Å². The first kappa shape index (κ1) is 19.3. The van der Waals surface area contributed by atoms with Gasteiger partial charge in [-0.25, -0.2) is 12.7 Å². The van der Waals surface area contributed by atoms with E-state index in [1.807, 2.05) is 0 Å². The first-order valence-electron chi connectivity index (χ1n) is 8.10. The highest BCUT2D eigenvalue weighted by molar-refractivity contribution is 7.89. The van der Waals surface area contributed by atoms with Gasteiger partial charge in [0.25, 0.3) is 5.91 Å². The third kappa shape index (κ3) is 4.12. The molecule has 1 amide bonds. The van der Waals surface area contributed by atoms with E-state index in [9.17, 15) is 26.4 Å². The smallest absolute Gasteiger partial charge is 0.329 e. The minimum Gasteiger partial charge on any atom is -0.329 e. The van der Waals surface area contributed by atoms with Crippen LogP contribution in [0.15, 0.2) is 28.8 Å². The summed E-state index contributed by atoms with van der Waals surface area (Å²) in [7, 11) is -2.53. The minimum absolute atomic E-state index is 0.0730. The third-order valence-corrected chi connectivity index (χ3v) is 6.33. The fraction of sp³-hybridized carbons (Fsp3) is 0.438. The van der Waals surface area contributed by atoms with Crippen LogP contribution in [-0.2, 0) is 16.2 Å². The van der Waals surface area contributed by atoms with Crippen molar-refractivity contribution in [3.8, 4) is 11.4 Å². The second-order valence-electron chi connectivity index (χ2n) is 6.35. The van der Waals surface area contributed by atoms with Crippen molar-refractivity contribution in [3.05, 3.63) is 35.7 Å². The van der Waals surface area contributed by atoms with Gasteiger partial charge in [-0.2, -0.15) is 18.2 Å². The molecule has 0 N–H and O–H groups in total. The Hall–Kier alpha value is -2.43. The third-order valence-electron chi connectivity index (χ3n) is 4.43. The summed E-state index contributed by atoms with van der Waals surface area (Å²) in [5.74, 6) is -2.47. The summed E-state index contributed by atoms with van der Waals surface area (Å²) in [6.45, 7) is 0. The maximum absolute atomic E-state index is 12.5. The van der Waals surface area contributed by atoms with E-state index in [2.05, 4.69) is 14.7 Å². The normalized spacial score (nSPS) is 15.4. The standard InChI is InChI=1S/C16H16F3N3O4S/c1-22(27(24,25)9-10-3-2-4-10)14(23)12-7-5-11(6-8-12)13-20-15(26-21-13)16(17,18)19/h5-8,10H,2-4,9H2,1H3. The van der Waals surface area contributed by atoms with Crippen LogP contribution in [0.25, 0.3) is 11.4 Å². The Balaban J connectivity index is 1.74. The van der Waals surface area contributed by atoms with Gasteiger partial charge in [0.1, 0.15) is 0 Å². The van der Waals surface area contributed by atoms with Crippen LogP contribution in [0.5, 0.6) is 0 Å². The first-order valence-corrected chi connectivity index (χ1v) is 9.71. The molecule has 0 atom stereocenters. The predicted molar refractivity (Wildman–Crippen MR) is 88.0 cm³/mol. The van der Waals surface area contributed by atoms with Gasteiger partial charge < -0.3 is 4.52 Å².